The highest BCUT2D eigenvalue weighted by Crippen LogP contribution is 2.32. The number of benzene rings is 1. The van der Waals surface area contributed by atoms with Crippen molar-refractivity contribution in [2.75, 3.05) is 5.32 Å². The van der Waals surface area contributed by atoms with Crippen molar-refractivity contribution in [1.29, 1.82) is 0 Å². The van der Waals surface area contributed by atoms with E-state index >= 15 is 0 Å². The number of carbonyl (C=O) groups is 1. The number of anilines is 1. The molecule has 1 aromatic carbocycles. The second-order valence-electron chi connectivity index (χ2n) is 8.89. The van der Waals surface area contributed by atoms with Crippen LogP contribution in [-0.4, -0.2) is 46.0 Å². The molecule has 0 aliphatic rings. The molecule has 10 heteroatoms. The molecule has 1 amide bonds. The maximum atomic E-state index is 12.6. The van der Waals surface area contributed by atoms with Gasteiger partial charge < -0.3 is 10.3 Å². The van der Waals surface area contributed by atoms with E-state index in [-0.39, 0.29) is 5.91 Å². The van der Waals surface area contributed by atoms with Crippen LogP contribution in [-0.2, 0) is 0 Å². The van der Waals surface area contributed by atoms with Crippen molar-refractivity contribution in [3.63, 3.8) is 0 Å². The molecule has 186 valence electrons. The Morgan fingerprint density at radius 1 is 0.795 bits per heavy atom. The van der Waals surface area contributed by atoms with Crippen molar-refractivity contribution in [3.05, 3.63) is 104 Å². The molecule has 0 spiro atoms. The lowest BCUT2D eigenvalue weighted by atomic mass is 10.1. The van der Waals surface area contributed by atoms with E-state index in [4.69, 9.17) is 4.98 Å². The first-order valence-electron chi connectivity index (χ1n) is 12.1. The molecule has 0 bridgehead atoms. The van der Waals surface area contributed by atoms with E-state index in [0.717, 1.165) is 38.7 Å². The molecule has 7 rings (SSSR count). The highest BCUT2D eigenvalue weighted by molar-refractivity contribution is 6.04. The standard InChI is InChI=1S/C29H19N9O/c39-29(17-5-2-1-3-6-17)34-21-9-19(12-31-14-21)20-10-22-26(37-38-27(22)33-13-20)28-35-24-16-32-15-23(25(24)36-28)18-7-4-8-30-11-18/h1-16H,(H,34,39)(H,35,36)(H,33,37,38). The van der Waals surface area contributed by atoms with Crippen LogP contribution in [0.2, 0.25) is 0 Å². The fraction of sp³-hybridized carbons (Fsp3) is 0. The Kier molecular flexibility index (Phi) is 5.33. The first kappa shape index (κ1) is 22.4. The second kappa shape index (κ2) is 9.27. The highest BCUT2D eigenvalue weighted by Gasteiger charge is 2.17. The van der Waals surface area contributed by atoms with Crippen molar-refractivity contribution < 1.29 is 4.79 Å². The van der Waals surface area contributed by atoms with Gasteiger partial charge in [-0.25, -0.2) is 9.97 Å². The van der Waals surface area contributed by atoms with E-state index in [2.05, 4.69) is 40.4 Å². The Balaban J connectivity index is 1.25. The molecule has 0 aliphatic carbocycles. The Labute approximate surface area is 221 Å². The fourth-order valence-electron chi connectivity index (χ4n) is 4.48. The van der Waals surface area contributed by atoms with Crippen LogP contribution < -0.4 is 5.32 Å². The normalized spacial score (nSPS) is 11.2. The third-order valence-electron chi connectivity index (χ3n) is 6.37. The van der Waals surface area contributed by atoms with Crippen molar-refractivity contribution in [1.82, 2.24) is 40.1 Å². The molecular weight excluding hydrogens is 490 g/mol. The third-order valence-corrected chi connectivity index (χ3v) is 6.37. The van der Waals surface area contributed by atoms with Crippen LogP contribution in [0.15, 0.2) is 98.0 Å². The first-order chi connectivity index (χ1) is 19.2. The van der Waals surface area contributed by atoms with Gasteiger partial charge >= 0.3 is 0 Å². The molecular formula is C29H19N9O. The maximum Gasteiger partial charge on any atom is 0.255 e. The average Bonchev–Trinajstić information content (AvgIpc) is 3.62. The number of hydrogen-bond acceptors (Lipinski definition) is 7. The van der Waals surface area contributed by atoms with E-state index in [0.29, 0.717) is 28.4 Å². The predicted molar refractivity (Wildman–Crippen MR) is 148 cm³/mol. The van der Waals surface area contributed by atoms with Crippen molar-refractivity contribution in [2.24, 2.45) is 0 Å². The van der Waals surface area contributed by atoms with Gasteiger partial charge in [-0.3, -0.25) is 24.8 Å². The zero-order chi connectivity index (χ0) is 26.2. The van der Waals surface area contributed by atoms with Gasteiger partial charge in [0.1, 0.15) is 11.2 Å². The molecule has 0 atom stereocenters. The van der Waals surface area contributed by atoms with Gasteiger partial charge in [-0.15, -0.1) is 0 Å². The number of H-pyrrole nitrogens is 2. The summed E-state index contributed by atoms with van der Waals surface area (Å²) in [6, 6.07) is 16.7. The van der Waals surface area contributed by atoms with E-state index < -0.39 is 0 Å². The van der Waals surface area contributed by atoms with Gasteiger partial charge in [-0.2, -0.15) is 5.10 Å². The number of pyridine rings is 4. The number of aromatic amines is 2. The minimum Gasteiger partial charge on any atom is -0.335 e. The van der Waals surface area contributed by atoms with Crippen LogP contribution in [0.4, 0.5) is 5.69 Å². The Hall–Kier alpha value is -5.77. The molecule has 3 N–H and O–H groups in total. The number of nitrogens with one attached hydrogen (secondary N) is 3. The van der Waals surface area contributed by atoms with Gasteiger partial charge in [0.2, 0.25) is 0 Å². The molecule has 0 unspecified atom stereocenters. The zero-order valence-electron chi connectivity index (χ0n) is 20.3. The SMILES string of the molecule is O=C(Nc1cncc(-c2cnc3[nH]nc(-c4nc5c(-c6cccnc6)cncc5[nH]4)c3c2)c1)c1ccccc1. The number of nitrogens with zero attached hydrogens (tertiary/aromatic N) is 6. The van der Waals surface area contributed by atoms with E-state index in [9.17, 15) is 4.79 Å². The van der Waals surface area contributed by atoms with E-state index in [1.165, 1.54) is 0 Å². The van der Waals surface area contributed by atoms with Gasteiger partial charge in [0.15, 0.2) is 11.5 Å². The number of fused-ring (bicyclic) bond motifs is 2. The van der Waals surface area contributed by atoms with Crippen LogP contribution in [0.3, 0.4) is 0 Å². The number of amides is 1. The smallest absolute Gasteiger partial charge is 0.255 e. The van der Waals surface area contributed by atoms with Crippen molar-refractivity contribution >= 4 is 33.7 Å². The summed E-state index contributed by atoms with van der Waals surface area (Å²) in [5, 5.41) is 11.2. The Morgan fingerprint density at radius 3 is 2.51 bits per heavy atom. The number of aromatic nitrogens is 8. The lowest BCUT2D eigenvalue weighted by Gasteiger charge is -2.07. The predicted octanol–water partition coefficient (Wildman–Crippen LogP) is 5.27. The summed E-state index contributed by atoms with van der Waals surface area (Å²) in [4.78, 5) is 38.3. The molecule has 7 aromatic rings. The van der Waals surface area contributed by atoms with Crippen LogP contribution in [0.5, 0.6) is 0 Å². The summed E-state index contributed by atoms with van der Waals surface area (Å²) in [5.74, 6) is 0.389. The number of rotatable bonds is 5. The van der Waals surface area contributed by atoms with Gasteiger partial charge in [-0.05, 0) is 30.3 Å². The summed E-state index contributed by atoms with van der Waals surface area (Å²) in [6.07, 6.45) is 12.1. The zero-order valence-corrected chi connectivity index (χ0v) is 20.3. The first-order valence-corrected chi connectivity index (χ1v) is 12.1. The second-order valence-corrected chi connectivity index (χ2v) is 8.89. The highest BCUT2D eigenvalue weighted by atomic mass is 16.1. The van der Waals surface area contributed by atoms with Gasteiger partial charge in [0.25, 0.3) is 5.91 Å². The molecule has 6 aromatic heterocycles. The molecule has 0 aliphatic heterocycles. The minimum absolute atomic E-state index is 0.203. The molecule has 6 heterocycles. The molecule has 10 nitrogen and oxygen atoms in total. The van der Waals surface area contributed by atoms with Gasteiger partial charge in [0, 0.05) is 58.8 Å². The average molecular weight is 510 g/mol. The van der Waals surface area contributed by atoms with Crippen LogP contribution in [0.1, 0.15) is 10.4 Å². The summed E-state index contributed by atoms with van der Waals surface area (Å²) in [7, 11) is 0. The topological polar surface area (TPSA) is 138 Å². The van der Waals surface area contributed by atoms with Crippen molar-refractivity contribution in [2.45, 2.75) is 0 Å². The lowest BCUT2D eigenvalue weighted by molar-refractivity contribution is 0.102. The molecule has 0 radical (unpaired) electrons. The van der Waals surface area contributed by atoms with Crippen LogP contribution in [0, 0.1) is 0 Å². The largest absolute Gasteiger partial charge is 0.335 e. The fourth-order valence-corrected chi connectivity index (χ4v) is 4.48. The monoisotopic (exact) mass is 509 g/mol. The Morgan fingerprint density at radius 2 is 1.64 bits per heavy atom. The molecule has 0 saturated heterocycles. The molecule has 39 heavy (non-hydrogen) atoms. The summed E-state index contributed by atoms with van der Waals surface area (Å²) >= 11 is 0. The maximum absolute atomic E-state index is 12.6. The lowest BCUT2D eigenvalue weighted by Crippen LogP contribution is -2.11. The summed E-state index contributed by atoms with van der Waals surface area (Å²) in [5.41, 5.74) is 7.41. The van der Waals surface area contributed by atoms with Gasteiger partial charge in [0.05, 0.1) is 29.0 Å². The van der Waals surface area contributed by atoms with Crippen molar-refractivity contribution in [3.8, 4) is 33.8 Å². The molecule has 0 saturated carbocycles. The van der Waals surface area contributed by atoms with Crippen LogP contribution >= 0.6 is 0 Å². The number of hydrogen-bond donors (Lipinski definition) is 3. The minimum atomic E-state index is -0.203. The Bertz CT molecular complexity index is 1960. The van der Waals surface area contributed by atoms with E-state index in [1.807, 2.05) is 42.5 Å². The number of imidazole rings is 1. The third kappa shape index (κ3) is 4.15. The quantitative estimate of drug-likeness (QED) is 0.287. The van der Waals surface area contributed by atoms with E-state index in [1.54, 1.807) is 55.5 Å². The van der Waals surface area contributed by atoms with Crippen LogP contribution in [0.25, 0.3) is 55.8 Å². The summed E-state index contributed by atoms with van der Waals surface area (Å²) < 4.78 is 0. The molecule has 0 fully saturated rings. The number of carbonyl (C=O) groups excluding carboxylic acids is 1. The van der Waals surface area contributed by atoms with Gasteiger partial charge in [-0.1, -0.05) is 24.3 Å². The summed E-state index contributed by atoms with van der Waals surface area (Å²) in [6.45, 7) is 0.